The van der Waals surface area contributed by atoms with Crippen LogP contribution in [0, 0.1) is 11.8 Å². The lowest BCUT2D eigenvalue weighted by Crippen LogP contribution is -2.58. The van der Waals surface area contributed by atoms with Crippen molar-refractivity contribution in [2.45, 2.75) is 18.6 Å². The minimum atomic E-state index is -0.352. The van der Waals surface area contributed by atoms with Gasteiger partial charge in [-0.2, -0.15) is 0 Å². The van der Waals surface area contributed by atoms with E-state index in [4.69, 9.17) is 4.74 Å². The molecule has 124 valence electrons. The summed E-state index contributed by atoms with van der Waals surface area (Å²) in [6.07, 6.45) is 1.46. The van der Waals surface area contributed by atoms with Gasteiger partial charge < -0.3 is 15.4 Å². The first-order valence-electron chi connectivity index (χ1n) is 8.42. The van der Waals surface area contributed by atoms with Crippen molar-refractivity contribution in [3.8, 4) is 0 Å². The Morgan fingerprint density at radius 2 is 1.92 bits per heavy atom. The summed E-state index contributed by atoms with van der Waals surface area (Å²) in [6.45, 7) is 2.22. The molecule has 0 radical (unpaired) electrons. The van der Waals surface area contributed by atoms with Crippen molar-refractivity contribution >= 4 is 6.09 Å². The molecule has 1 aromatic carbocycles. The lowest BCUT2D eigenvalue weighted by molar-refractivity contribution is 0.0842. The summed E-state index contributed by atoms with van der Waals surface area (Å²) in [5.41, 5.74) is 2.04. The van der Waals surface area contributed by atoms with Crippen LogP contribution in [0.2, 0.25) is 0 Å². The first kappa shape index (κ1) is 15.1. The van der Waals surface area contributed by atoms with Crippen LogP contribution in [0.4, 0.5) is 4.79 Å². The number of hydrogen-bond acceptors (Lipinski definition) is 4. The molecular weight excluding hydrogens is 302 g/mol. The van der Waals surface area contributed by atoms with Crippen LogP contribution in [-0.4, -0.2) is 30.2 Å². The van der Waals surface area contributed by atoms with Crippen molar-refractivity contribution < 1.29 is 9.53 Å². The molecule has 1 aromatic heterocycles. The highest BCUT2D eigenvalue weighted by molar-refractivity contribution is 5.68. The Kier molecular flexibility index (Phi) is 4.17. The summed E-state index contributed by atoms with van der Waals surface area (Å²) in [5.74, 6) is 1.26. The maximum absolute atomic E-state index is 12.2. The molecule has 4 atom stereocenters. The molecule has 4 rings (SSSR count). The normalized spacial score (nSPS) is 27.8. The summed E-state index contributed by atoms with van der Waals surface area (Å²) < 4.78 is 5.38. The molecule has 1 aliphatic heterocycles. The summed E-state index contributed by atoms with van der Waals surface area (Å²) in [5, 5.41) is 6.49. The molecule has 1 amide bonds. The Bertz CT molecular complexity index is 692. The third kappa shape index (κ3) is 2.87. The summed E-state index contributed by atoms with van der Waals surface area (Å²) in [7, 11) is 0. The lowest BCUT2D eigenvalue weighted by atomic mass is 9.61. The van der Waals surface area contributed by atoms with E-state index >= 15 is 0 Å². The number of amides is 1. The zero-order valence-corrected chi connectivity index (χ0v) is 13.4. The average Bonchev–Trinajstić information content (AvgIpc) is 3.04. The van der Waals surface area contributed by atoms with Crippen molar-refractivity contribution in [2.75, 3.05) is 13.1 Å². The quantitative estimate of drug-likeness (QED) is 0.906. The smallest absolute Gasteiger partial charge is 0.407 e. The fourth-order valence-electron chi connectivity index (χ4n) is 3.97. The second-order valence-electron chi connectivity index (χ2n) is 6.50. The van der Waals surface area contributed by atoms with Gasteiger partial charge in [0.15, 0.2) is 0 Å². The molecule has 24 heavy (non-hydrogen) atoms. The van der Waals surface area contributed by atoms with E-state index in [2.05, 4.69) is 15.6 Å². The van der Waals surface area contributed by atoms with E-state index in [0.29, 0.717) is 18.4 Å². The number of pyridine rings is 1. The van der Waals surface area contributed by atoms with E-state index < -0.39 is 0 Å². The van der Waals surface area contributed by atoms with Gasteiger partial charge in [-0.15, -0.1) is 0 Å². The van der Waals surface area contributed by atoms with Crippen LogP contribution in [0.3, 0.4) is 0 Å². The summed E-state index contributed by atoms with van der Waals surface area (Å²) in [4.78, 5) is 16.7. The number of alkyl carbamates (subject to hydrolysis) is 1. The van der Waals surface area contributed by atoms with Gasteiger partial charge >= 0.3 is 6.09 Å². The first-order chi connectivity index (χ1) is 11.8. The first-order valence-corrected chi connectivity index (χ1v) is 8.42. The molecule has 2 aliphatic rings. The third-order valence-corrected chi connectivity index (χ3v) is 5.15. The standard InChI is InChI=1S/C19H21N3O2/c23-19(24-12-13-6-2-1-3-7-13)22-18-15-11-20-10-14(15)17(18)16-8-4-5-9-21-16/h1-9,14-15,17-18,20H,10-12H2,(H,22,23)/t14-,15+,17?,18?/m0/s1. The zero-order chi connectivity index (χ0) is 16.4. The predicted molar refractivity (Wildman–Crippen MR) is 90.4 cm³/mol. The number of carbonyl (C=O) groups is 1. The van der Waals surface area contributed by atoms with Crippen LogP contribution in [0.25, 0.3) is 0 Å². The maximum atomic E-state index is 12.2. The van der Waals surface area contributed by atoms with Crippen molar-refractivity contribution in [2.24, 2.45) is 11.8 Å². The van der Waals surface area contributed by atoms with Gasteiger partial charge in [0.05, 0.1) is 0 Å². The van der Waals surface area contributed by atoms with Gasteiger partial charge in [0, 0.05) is 30.4 Å². The predicted octanol–water partition coefficient (Wildman–Crippen LogP) is 2.31. The van der Waals surface area contributed by atoms with Gasteiger partial charge in [-0.3, -0.25) is 4.98 Å². The molecule has 5 nitrogen and oxygen atoms in total. The van der Waals surface area contributed by atoms with Gasteiger partial charge in [-0.25, -0.2) is 4.79 Å². The molecular formula is C19H21N3O2. The maximum Gasteiger partial charge on any atom is 0.407 e. The highest BCUT2D eigenvalue weighted by Crippen LogP contribution is 2.48. The molecule has 2 aromatic rings. The molecule has 0 spiro atoms. The number of aromatic nitrogens is 1. The highest BCUT2D eigenvalue weighted by Gasteiger charge is 2.54. The van der Waals surface area contributed by atoms with E-state index in [-0.39, 0.29) is 18.1 Å². The molecule has 1 saturated heterocycles. The Morgan fingerprint density at radius 1 is 1.12 bits per heavy atom. The number of nitrogens with one attached hydrogen (secondary N) is 2. The van der Waals surface area contributed by atoms with E-state index in [9.17, 15) is 4.79 Å². The second-order valence-corrected chi connectivity index (χ2v) is 6.50. The largest absolute Gasteiger partial charge is 0.445 e. The van der Waals surface area contributed by atoms with Crippen LogP contribution in [0.5, 0.6) is 0 Å². The van der Waals surface area contributed by atoms with Crippen LogP contribution < -0.4 is 10.6 Å². The molecule has 1 aliphatic carbocycles. The number of rotatable bonds is 4. The summed E-state index contributed by atoms with van der Waals surface area (Å²) in [6, 6.07) is 15.8. The van der Waals surface area contributed by atoms with E-state index in [0.717, 1.165) is 24.3 Å². The van der Waals surface area contributed by atoms with Gasteiger partial charge in [-0.05, 0) is 36.1 Å². The highest BCUT2D eigenvalue weighted by atomic mass is 16.5. The van der Waals surface area contributed by atoms with Gasteiger partial charge in [-0.1, -0.05) is 36.4 Å². The Morgan fingerprint density at radius 3 is 2.71 bits per heavy atom. The average molecular weight is 323 g/mol. The molecule has 2 fully saturated rings. The monoisotopic (exact) mass is 323 g/mol. The molecule has 5 heteroatoms. The molecule has 2 N–H and O–H groups in total. The fraction of sp³-hybridized carbons (Fsp3) is 0.368. The van der Waals surface area contributed by atoms with Gasteiger partial charge in [0.2, 0.25) is 0 Å². The van der Waals surface area contributed by atoms with Gasteiger partial charge in [0.25, 0.3) is 0 Å². The minimum absolute atomic E-state index is 0.0863. The van der Waals surface area contributed by atoms with Crippen molar-refractivity contribution in [3.63, 3.8) is 0 Å². The van der Waals surface area contributed by atoms with Crippen molar-refractivity contribution in [1.82, 2.24) is 15.6 Å². The number of ether oxygens (including phenoxy) is 1. The van der Waals surface area contributed by atoms with Crippen LogP contribution in [0.15, 0.2) is 54.7 Å². The topological polar surface area (TPSA) is 63.2 Å². The number of fused-ring (bicyclic) bond motifs is 1. The molecule has 0 bridgehead atoms. The Hall–Kier alpha value is -2.40. The van der Waals surface area contributed by atoms with Crippen LogP contribution >= 0.6 is 0 Å². The zero-order valence-electron chi connectivity index (χ0n) is 13.4. The fourth-order valence-corrected chi connectivity index (χ4v) is 3.97. The summed E-state index contributed by atoms with van der Waals surface area (Å²) >= 11 is 0. The van der Waals surface area contributed by atoms with Gasteiger partial charge in [0.1, 0.15) is 6.61 Å². The number of hydrogen-bond donors (Lipinski definition) is 2. The molecule has 2 unspecified atom stereocenters. The number of nitrogens with zero attached hydrogens (tertiary/aromatic N) is 1. The Labute approximate surface area is 141 Å². The van der Waals surface area contributed by atoms with Crippen LogP contribution in [0.1, 0.15) is 17.2 Å². The lowest BCUT2D eigenvalue weighted by Gasteiger charge is -2.47. The van der Waals surface area contributed by atoms with Crippen LogP contribution in [-0.2, 0) is 11.3 Å². The minimum Gasteiger partial charge on any atom is -0.445 e. The van der Waals surface area contributed by atoms with Crippen molar-refractivity contribution in [3.05, 3.63) is 66.0 Å². The van der Waals surface area contributed by atoms with E-state index in [1.54, 1.807) is 0 Å². The SMILES string of the molecule is O=C(NC1C(c2ccccn2)[C@H]2CNC[C@@H]12)OCc1ccccc1. The third-order valence-electron chi connectivity index (χ3n) is 5.15. The van der Waals surface area contributed by atoms with E-state index in [1.807, 2.05) is 54.7 Å². The molecule has 1 saturated carbocycles. The van der Waals surface area contributed by atoms with Crippen molar-refractivity contribution in [1.29, 1.82) is 0 Å². The second kappa shape index (κ2) is 6.61. The number of carbonyl (C=O) groups excluding carboxylic acids is 1. The van der Waals surface area contributed by atoms with E-state index in [1.165, 1.54) is 0 Å². The molecule has 2 heterocycles. The Balaban J connectivity index is 1.40. The number of benzene rings is 1.